The van der Waals surface area contributed by atoms with Crippen LogP contribution in [0.25, 0.3) is 0 Å². The van der Waals surface area contributed by atoms with Gasteiger partial charge < -0.3 is 9.84 Å². The lowest BCUT2D eigenvalue weighted by Crippen LogP contribution is -2.41. The van der Waals surface area contributed by atoms with Gasteiger partial charge in [-0.15, -0.1) is 0 Å². The summed E-state index contributed by atoms with van der Waals surface area (Å²) in [4.78, 5) is 13.5. The minimum absolute atomic E-state index is 0.190. The van der Waals surface area contributed by atoms with Crippen LogP contribution in [0.4, 0.5) is 0 Å². The Balaban J connectivity index is 1.75. The van der Waals surface area contributed by atoms with E-state index in [9.17, 15) is 9.90 Å². The van der Waals surface area contributed by atoms with Crippen molar-refractivity contribution in [2.24, 2.45) is 11.8 Å². The van der Waals surface area contributed by atoms with Gasteiger partial charge >= 0.3 is 5.97 Å². The number of likely N-dealkylation sites (tertiary alicyclic amines) is 1. The first kappa shape index (κ1) is 18.8. The van der Waals surface area contributed by atoms with Crippen LogP contribution >= 0.6 is 0 Å². The maximum absolute atomic E-state index is 11.2. The van der Waals surface area contributed by atoms with Crippen LogP contribution in [0.1, 0.15) is 51.5 Å². The lowest BCUT2D eigenvalue weighted by molar-refractivity contribution is -0.145. The van der Waals surface area contributed by atoms with Crippen LogP contribution in [0.15, 0.2) is 24.3 Å². The van der Waals surface area contributed by atoms with Crippen molar-refractivity contribution in [1.29, 1.82) is 0 Å². The van der Waals surface area contributed by atoms with E-state index in [0.29, 0.717) is 0 Å². The molecule has 1 N–H and O–H groups in total. The summed E-state index contributed by atoms with van der Waals surface area (Å²) >= 11 is 0. The van der Waals surface area contributed by atoms with E-state index >= 15 is 0 Å². The van der Waals surface area contributed by atoms with Crippen molar-refractivity contribution in [1.82, 2.24) is 4.90 Å². The Morgan fingerprint density at radius 3 is 2.62 bits per heavy atom. The Labute approximate surface area is 145 Å². The third kappa shape index (κ3) is 5.82. The maximum atomic E-state index is 11.2. The number of carboxylic acid groups (broad SMARTS) is 1. The normalized spacial score (nSPS) is 21.6. The first-order valence-corrected chi connectivity index (χ1v) is 9.27. The first-order chi connectivity index (χ1) is 11.6. The molecule has 134 valence electrons. The highest BCUT2D eigenvalue weighted by atomic mass is 16.5. The predicted molar refractivity (Wildman–Crippen MR) is 96.3 cm³/mol. The minimum Gasteiger partial charge on any atom is -0.494 e. The summed E-state index contributed by atoms with van der Waals surface area (Å²) in [6, 6.07) is 8.33. The van der Waals surface area contributed by atoms with E-state index in [0.717, 1.165) is 44.8 Å². The average Bonchev–Trinajstić information content (AvgIpc) is 2.56. The SMILES string of the molecule is CCCCCCOc1ccc(CN2CCC(C(=O)O)C(C)C2)cc1. The molecule has 1 aromatic carbocycles. The van der Waals surface area contributed by atoms with Gasteiger partial charge in [-0.1, -0.05) is 45.2 Å². The van der Waals surface area contributed by atoms with E-state index < -0.39 is 5.97 Å². The van der Waals surface area contributed by atoms with Crippen LogP contribution in [0.2, 0.25) is 0 Å². The van der Waals surface area contributed by atoms with E-state index in [1.165, 1.54) is 24.8 Å². The average molecular weight is 333 g/mol. The third-order valence-corrected chi connectivity index (χ3v) is 4.90. The fourth-order valence-corrected chi connectivity index (χ4v) is 3.41. The molecule has 4 nitrogen and oxygen atoms in total. The quantitative estimate of drug-likeness (QED) is 0.689. The number of hydrogen-bond acceptors (Lipinski definition) is 3. The summed E-state index contributed by atoms with van der Waals surface area (Å²) in [7, 11) is 0. The molecule has 1 aliphatic heterocycles. The Hall–Kier alpha value is -1.55. The number of nitrogens with zero attached hydrogens (tertiary/aromatic N) is 1. The summed E-state index contributed by atoms with van der Waals surface area (Å²) in [6.45, 7) is 7.64. The van der Waals surface area contributed by atoms with Gasteiger partial charge in [0.1, 0.15) is 5.75 Å². The topological polar surface area (TPSA) is 49.8 Å². The number of piperidine rings is 1. The second kappa shape index (κ2) is 9.67. The zero-order valence-electron chi connectivity index (χ0n) is 15.0. The molecular formula is C20H31NO3. The summed E-state index contributed by atoms with van der Waals surface area (Å²) in [5.74, 6) is 0.308. The van der Waals surface area contributed by atoms with Gasteiger partial charge in [0.25, 0.3) is 0 Å². The van der Waals surface area contributed by atoms with E-state index in [1.807, 2.05) is 19.1 Å². The predicted octanol–water partition coefficient (Wildman–Crippen LogP) is 4.19. The van der Waals surface area contributed by atoms with Gasteiger partial charge in [-0.05, 0) is 43.0 Å². The Morgan fingerprint density at radius 1 is 1.25 bits per heavy atom. The summed E-state index contributed by atoms with van der Waals surface area (Å²) in [5, 5.41) is 9.20. The molecule has 0 aromatic heterocycles. The van der Waals surface area contributed by atoms with E-state index in [-0.39, 0.29) is 11.8 Å². The van der Waals surface area contributed by atoms with Crippen molar-refractivity contribution in [2.75, 3.05) is 19.7 Å². The van der Waals surface area contributed by atoms with Crippen LogP contribution in [0, 0.1) is 11.8 Å². The number of ether oxygens (including phenoxy) is 1. The van der Waals surface area contributed by atoms with Gasteiger partial charge in [-0.25, -0.2) is 0 Å². The molecule has 2 atom stereocenters. The zero-order valence-corrected chi connectivity index (χ0v) is 15.0. The molecule has 0 bridgehead atoms. The summed E-state index contributed by atoms with van der Waals surface area (Å²) in [5.41, 5.74) is 1.26. The Kier molecular flexibility index (Phi) is 7.57. The Bertz CT molecular complexity index is 500. The highest BCUT2D eigenvalue weighted by Gasteiger charge is 2.30. The van der Waals surface area contributed by atoms with Gasteiger partial charge in [-0.2, -0.15) is 0 Å². The molecule has 1 fully saturated rings. The molecule has 4 heteroatoms. The molecule has 1 saturated heterocycles. The van der Waals surface area contributed by atoms with Gasteiger partial charge in [0.05, 0.1) is 12.5 Å². The van der Waals surface area contributed by atoms with Crippen molar-refractivity contribution >= 4 is 5.97 Å². The fourth-order valence-electron chi connectivity index (χ4n) is 3.41. The molecule has 0 aliphatic carbocycles. The molecule has 2 unspecified atom stereocenters. The molecule has 0 amide bonds. The number of hydrogen-bond donors (Lipinski definition) is 1. The number of rotatable bonds is 9. The number of benzene rings is 1. The summed E-state index contributed by atoms with van der Waals surface area (Å²) < 4.78 is 5.78. The second-order valence-corrected chi connectivity index (χ2v) is 7.00. The monoisotopic (exact) mass is 333 g/mol. The molecule has 1 heterocycles. The van der Waals surface area contributed by atoms with Gasteiger partial charge in [0, 0.05) is 13.1 Å². The van der Waals surface area contributed by atoms with Gasteiger partial charge in [0.15, 0.2) is 0 Å². The van der Waals surface area contributed by atoms with E-state index in [1.54, 1.807) is 0 Å². The van der Waals surface area contributed by atoms with Crippen molar-refractivity contribution in [3.05, 3.63) is 29.8 Å². The van der Waals surface area contributed by atoms with Crippen LogP contribution in [-0.2, 0) is 11.3 Å². The fraction of sp³-hybridized carbons (Fsp3) is 0.650. The molecule has 0 saturated carbocycles. The highest BCUT2D eigenvalue weighted by Crippen LogP contribution is 2.25. The number of aliphatic carboxylic acids is 1. The van der Waals surface area contributed by atoms with Crippen molar-refractivity contribution in [2.45, 2.75) is 52.5 Å². The minimum atomic E-state index is -0.650. The van der Waals surface area contributed by atoms with E-state index in [4.69, 9.17) is 4.74 Å². The van der Waals surface area contributed by atoms with Crippen molar-refractivity contribution in [3.63, 3.8) is 0 Å². The molecule has 2 rings (SSSR count). The van der Waals surface area contributed by atoms with Crippen molar-refractivity contribution in [3.8, 4) is 5.75 Å². The standard InChI is InChI=1S/C20H31NO3/c1-3-4-5-6-13-24-18-9-7-17(8-10-18)15-21-12-11-19(20(22)23)16(2)14-21/h7-10,16,19H,3-6,11-15H2,1-2H3,(H,22,23). The van der Waals surface area contributed by atoms with Crippen LogP contribution in [0.3, 0.4) is 0 Å². The van der Waals surface area contributed by atoms with Crippen molar-refractivity contribution < 1.29 is 14.6 Å². The van der Waals surface area contributed by atoms with Crippen LogP contribution in [-0.4, -0.2) is 35.7 Å². The first-order valence-electron chi connectivity index (χ1n) is 9.27. The smallest absolute Gasteiger partial charge is 0.306 e. The molecule has 0 radical (unpaired) electrons. The number of carboxylic acids is 1. The van der Waals surface area contributed by atoms with E-state index in [2.05, 4.69) is 24.0 Å². The largest absolute Gasteiger partial charge is 0.494 e. The third-order valence-electron chi connectivity index (χ3n) is 4.90. The number of unbranched alkanes of at least 4 members (excludes halogenated alkanes) is 3. The molecule has 1 aromatic rings. The maximum Gasteiger partial charge on any atom is 0.306 e. The molecule has 24 heavy (non-hydrogen) atoms. The zero-order chi connectivity index (χ0) is 17.4. The Morgan fingerprint density at radius 2 is 2.00 bits per heavy atom. The van der Waals surface area contributed by atoms with Crippen LogP contribution in [0.5, 0.6) is 5.75 Å². The summed E-state index contributed by atoms with van der Waals surface area (Å²) in [6.07, 6.45) is 5.62. The molecule has 1 aliphatic rings. The molecular weight excluding hydrogens is 302 g/mol. The second-order valence-electron chi connectivity index (χ2n) is 7.00. The molecule has 0 spiro atoms. The van der Waals surface area contributed by atoms with Gasteiger partial charge in [-0.3, -0.25) is 9.69 Å². The number of carbonyl (C=O) groups is 1. The highest BCUT2D eigenvalue weighted by molar-refractivity contribution is 5.70. The lowest BCUT2D eigenvalue weighted by Gasteiger charge is -2.34. The van der Waals surface area contributed by atoms with Crippen LogP contribution < -0.4 is 4.74 Å². The van der Waals surface area contributed by atoms with Gasteiger partial charge in [0.2, 0.25) is 0 Å². The lowest BCUT2D eigenvalue weighted by atomic mass is 9.87.